The molecule has 0 saturated carbocycles. The third kappa shape index (κ3) is 3.83. The van der Waals surface area contributed by atoms with Crippen molar-refractivity contribution in [1.82, 2.24) is 10.1 Å². The quantitative estimate of drug-likeness (QED) is 0.714. The second kappa shape index (κ2) is 7.09. The molecule has 0 fully saturated rings. The number of para-hydroxylation sites is 1. The summed E-state index contributed by atoms with van der Waals surface area (Å²) in [6, 6.07) is 11.3. The molecule has 1 atom stereocenters. The monoisotopic (exact) mass is 409 g/mol. The smallest absolute Gasteiger partial charge is 0.418 e. The summed E-state index contributed by atoms with van der Waals surface area (Å²) in [4.78, 5) is 22.8. The average Bonchev–Trinajstić information content (AvgIpc) is 2.89. The molecule has 0 spiro atoms. The normalized spacial score (nSPS) is 15.9. The number of sulfonamides is 1. The second-order valence-corrected chi connectivity index (χ2v) is 8.11. The fourth-order valence-electron chi connectivity index (χ4n) is 2.93. The Morgan fingerprint density at radius 1 is 1.22 bits per heavy atom. The van der Waals surface area contributed by atoms with Crippen molar-refractivity contribution in [2.24, 2.45) is 0 Å². The molecule has 1 aliphatic rings. The topological polar surface area (TPSA) is 116 Å². The standard InChI is InChI=1S/C17H16ClN3O5S/c1-10-8-11-4-2-3-5-14(11)21(10)19-16(22)12-6-7-13(18)15(9-12)27(25,26)20-17(23)24/h2-7,9-10,20H,8H2,1H3,(H,19,22)(H,23,24)/t10-/m1/s1. The molecule has 0 aromatic heterocycles. The van der Waals surface area contributed by atoms with E-state index in [-0.39, 0.29) is 16.6 Å². The number of hydrogen-bond acceptors (Lipinski definition) is 5. The van der Waals surface area contributed by atoms with Crippen LogP contribution >= 0.6 is 11.6 Å². The van der Waals surface area contributed by atoms with Crippen LogP contribution < -0.4 is 15.2 Å². The lowest BCUT2D eigenvalue weighted by atomic mass is 10.1. The van der Waals surface area contributed by atoms with Gasteiger partial charge in [-0.1, -0.05) is 29.8 Å². The first kappa shape index (κ1) is 19.0. The zero-order valence-corrected chi connectivity index (χ0v) is 15.7. The van der Waals surface area contributed by atoms with Crippen LogP contribution in [0.2, 0.25) is 5.02 Å². The van der Waals surface area contributed by atoms with Gasteiger partial charge in [-0.3, -0.25) is 15.2 Å². The SMILES string of the molecule is C[C@@H]1Cc2ccccc2N1NC(=O)c1ccc(Cl)c(S(=O)(=O)NC(=O)O)c1. The van der Waals surface area contributed by atoms with Crippen LogP contribution in [-0.2, 0) is 16.4 Å². The first-order chi connectivity index (χ1) is 12.7. The van der Waals surface area contributed by atoms with Gasteiger partial charge in [0.15, 0.2) is 0 Å². The Morgan fingerprint density at radius 2 is 1.93 bits per heavy atom. The molecule has 0 unspecified atom stereocenters. The Bertz CT molecular complexity index is 1020. The predicted molar refractivity (Wildman–Crippen MR) is 99.4 cm³/mol. The Kier molecular flexibility index (Phi) is 4.99. The lowest BCUT2D eigenvalue weighted by molar-refractivity contribution is 0.0946. The zero-order chi connectivity index (χ0) is 19.8. The number of carbonyl (C=O) groups excluding carboxylic acids is 1. The molecule has 0 saturated heterocycles. The number of carboxylic acid groups (broad SMARTS) is 1. The van der Waals surface area contributed by atoms with Crippen molar-refractivity contribution in [2.45, 2.75) is 24.3 Å². The van der Waals surface area contributed by atoms with E-state index >= 15 is 0 Å². The summed E-state index contributed by atoms with van der Waals surface area (Å²) in [5, 5.41) is 10.2. The van der Waals surface area contributed by atoms with Crippen molar-refractivity contribution in [3.63, 3.8) is 0 Å². The van der Waals surface area contributed by atoms with Crippen LogP contribution in [0.5, 0.6) is 0 Å². The van der Waals surface area contributed by atoms with Gasteiger partial charge in [-0.2, -0.15) is 0 Å². The molecule has 2 aromatic carbocycles. The third-order valence-electron chi connectivity index (χ3n) is 4.13. The number of nitrogens with one attached hydrogen (secondary N) is 2. The van der Waals surface area contributed by atoms with Crippen molar-refractivity contribution in [3.8, 4) is 0 Å². The van der Waals surface area contributed by atoms with E-state index in [2.05, 4.69) is 5.43 Å². The van der Waals surface area contributed by atoms with Gasteiger partial charge in [-0.05, 0) is 43.2 Å². The van der Waals surface area contributed by atoms with Gasteiger partial charge in [-0.15, -0.1) is 0 Å². The number of hydrazine groups is 1. The van der Waals surface area contributed by atoms with E-state index in [4.69, 9.17) is 16.7 Å². The summed E-state index contributed by atoms with van der Waals surface area (Å²) < 4.78 is 25.6. The van der Waals surface area contributed by atoms with Gasteiger partial charge in [0.05, 0.1) is 16.8 Å². The molecule has 142 valence electrons. The van der Waals surface area contributed by atoms with E-state index < -0.39 is 26.9 Å². The van der Waals surface area contributed by atoms with Crippen molar-refractivity contribution in [3.05, 3.63) is 58.6 Å². The van der Waals surface area contributed by atoms with E-state index in [1.54, 1.807) is 5.01 Å². The van der Waals surface area contributed by atoms with E-state index in [1.165, 1.54) is 16.9 Å². The van der Waals surface area contributed by atoms with Gasteiger partial charge in [0, 0.05) is 5.56 Å². The van der Waals surface area contributed by atoms with Crippen LogP contribution in [0.25, 0.3) is 0 Å². The molecule has 27 heavy (non-hydrogen) atoms. The average molecular weight is 410 g/mol. The maximum absolute atomic E-state index is 12.6. The summed E-state index contributed by atoms with van der Waals surface area (Å²) in [7, 11) is -4.41. The number of amides is 2. The van der Waals surface area contributed by atoms with Crippen LogP contribution in [0, 0.1) is 0 Å². The van der Waals surface area contributed by atoms with Gasteiger partial charge < -0.3 is 5.11 Å². The fraction of sp³-hybridized carbons (Fsp3) is 0.176. The molecular weight excluding hydrogens is 394 g/mol. The summed E-state index contributed by atoms with van der Waals surface area (Å²) >= 11 is 5.88. The summed E-state index contributed by atoms with van der Waals surface area (Å²) in [6.45, 7) is 1.95. The lowest BCUT2D eigenvalue weighted by Gasteiger charge is -2.25. The Morgan fingerprint density at radius 3 is 2.63 bits per heavy atom. The number of fused-ring (bicyclic) bond motifs is 1. The summed E-state index contributed by atoms with van der Waals surface area (Å²) in [6.07, 6.45) is -0.984. The third-order valence-corrected chi connectivity index (χ3v) is 5.94. The maximum atomic E-state index is 12.6. The number of benzene rings is 2. The fourth-order valence-corrected chi connectivity index (χ4v) is 4.30. The molecule has 3 N–H and O–H groups in total. The minimum Gasteiger partial charge on any atom is -0.464 e. The highest BCUT2D eigenvalue weighted by atomic mass is 35.5. The van der Waals surface area contributed by atoms with Crippen molar-refractivity contribution < 1.29 is 23.1 Å². The van der Waals surface area contributed by atoms with Gasteiger partial charge in [0.1, 0.15) is 4.90 Å². The zero-order valence-electron chi connectivity index (χ0n) is 14.1. The molecule has 8 nitrogen and oxygen atoms in total. The Balaban J connectivity index is 1.88. The molecular formula is C17H16ClN3O5S. The van der Waals surface area contributed by atoms with Gasteiger partial charge in [-0.25, -0.2) is 17.9 Å². The molecule has 0 radical (unpaired) electrons. The number of carbonyl (C=O) groups is 2. The Hall–Kier alpha value is -2.78. The first-order valence-corrected chi connectivity index (χ1v) is 9.78. The number of hydrogen-bond donors (Lipinski definition) is 3. The first-order valence-electron chi connectivity index (χ1n) is 7.92. The summed E-state index contributed by atoms with van der Waals surface area (Å²) in [5.41, 5.74) is 4.75. The van der Waals surface area contributed by atoms with Crippen LogP contribution in [0.1, 0.15) is 22.8 Å². The predicted octanol–water partition coefficient (Wildman–Crippen LogP) is 2.39. The Labute approximate surface area is 160 Å². The maximum Gasteiger partial charge on any atom is 0.418 e. The molecule has 1 aliphatic heterocycles. The van der Waals surface area contributed by atoms with Crippen LogP contribution in [0.15, 0.2) is 47.4 Å². The largest absolute Gasteiger partial charge is 0.464 e. The summed E-state index contributed by atoms with van der Waals surface area (Å²) in [5.74, 6) is -0.540. The van der Waals surface area contributed by atoms with Crippen molar-refractivity contribution >= 4 is 39.3 Å². The van der Waals surface area contributed by atoms with E-state index in [9.17, 15) is 18.0 Å². The number of rotatable bonds is 4. The van der Waals surface area contributed by atoms with Crippen molar-refractivity contribution in [1.29, 1.82) is 0 Å². The number of anilines is 1. The molecule has 3 rings (SSSR count). The minimum absolute atomic E-state index is 0.0236. The molecule has 10 heteroatoms. The molecule has 2 aromatic rings. The number of nitrogens with zero attached hydrogens (tertiary/aromatic N) is 1. The molecule has 0 aliphatic carbocycles. The highest BCUT2D eigenvalue weighted by molar-refractivity contribution is 7.90. The lowest BCUT2D eigenvalue weighted by Crippen LogP contribution is -2.45. The van der Waals surface area contributed by atoms with Gasteiger partial charge in [0.2, 0.25) is 0 Å². The highest BCUT2D eigenvalue weighted by Crippen LogP contribution is 2.30. The molecule has 1 heterocycles. The van der Waals surface area contributed by atoms with Crippen LogP contribution in [-0.4, -0.2) is 31.6 Å². The minimum atomic E-state index is -4.41. The van der Waals surface area contributed by atoms with Gasteiger partial charge in [0.25, 0.3) is 15.9 Å². The molecule has 0 bridgehead atoms. The number of halogens is 1. The van der Waals surface area contributed by atoms with E-state index in [0.29, 0.717) is 0 Å². The second-order valence-electron chi connectivity index (χ2n) is 6.05. The van der Waals surface area contributed by atoms with E-state index in [1.807, 2.05) is 31.2 Å². The van der Waals surface area contributed by atoms with Gasteiger partial charge >= 0.3 is 6.09 Å². The van der Waals surface area contributed by atoms with Crippen LogP contribution in [0.3, 0.4) is 0 Å². The highest BCUT2D eigenvalue weighted by Gasteiger charge is 2.28. The van der Waals surface area contributed by atoms with Crippen molar-refractivity contribution in [2.75, 3.05) is 5.01 Å². The van der Waals surface area contributed by atoms with Crippen LogP contribution in [0.4, 0.5) is 10.5 Å². The van der Waals surface area contributed by atoms with E-state index in [0.717, 1.165) is 23.7 Å². The molecule has 2 amide bonds.